The lowest BCUT2D eigenvalue weighted by atomic mass is 10.2. The summed E-state index contributed by atoms with van der Waals surface area (Å²) >= 11 is 5.80. The van der Waals surface area contributed by atoms with E-state index in [0.29, 0.717) is 6.54 Å². The molecule has 1 aliphatic rings. The highest BCUT2D eigenvalue weighted by Crippen LogP contribution is 2.18. The quantitative estimate of drug-likeness (QED) is 0.583. The van der Waals surface area contributed by atoms with Crippen molar-refractivity contribution in [3.63, 3.8) is 0 Å². The number of carbonyl (C=O) groups excluding carboxylic acids is 1. The van der Waals surface area contributed by atoms with Crippen LogP contribution in [0.2, 0.25) is 0 Å². The van der Waals surface area contributed by atoms with E-state index < -0.39 is 0 Å². The van der Waals surface area contributed by atoms with E-state index in [1.165, 1.54) is 0 Å². The summed E-state index contributed by atoms with van der Waals surface area (Å²) < 4.78 is 5.46. The second kappa shape index (κ2) is 6.33. The number of ether oxygens (including phenoxy) is 1. The summed E-state index contributed by atoms with van der Waals surface area (Å²) in [5.74, 6) is 0.0292. The number of hydrogen-bond acceptors (Lipinski definition) is 2. The molecule has 4 heteroatoms. The van der Waals surface area contributed by atoms with Crippen LogP contribution in [0, 0.1) is 0 Å². The predicted molar refractivity (Wildman–Crippen MR) is 61.1 cm³/mol. The van der Waals surface area contributed by atoms with Gasteiger partial charge >= 0.3 is 0 Å². The lowest BCUT2D eigenvalue weighted by molar-refractivity contribution is -0.131. The van der Waals surface area contributed by atoms with E-state index in [0.717, 1.165) is 25.7 Å². The fraction of sp³-hybridized carbons (Fsp3) is 0.909. The molecule has 1 saturated heterocycles. The maximum Gasteiger partial charge on any atom is 0.249 e. The van der Waals surface area contributed by atoms with Crippen molar-refractivity contribution in [1.29, 1.82) is 0 Å². The average molecular weight is 234 g/mol. The van der Waals surface area contributed by atoms with E-state index in [-0.39, 0.29) is 23.5 Å². The molecule has 0 aromatic carbocycles. The summed E-state index contributed by atoms with van der Waals surface area (Å²) in [5.41, 5.74) is 0. The van der Waals surface area contributed by atoms with Crippen LogP contribution in [0.25, 0.3) is 0 Å². The normalized spacial score (nSPS) is 27.7. The molecule has 3 nitrogen and oxygen atoms in total. The van der Waals surface area contributed by atoms with Crippen molar-refractivity contribution >= 4 is 17.5 Å². The Balaban J connectivity index is 2.08. The zero-order valence-corrected chi connectivity index (χ0v) is 10.2. The number of rotatable bonds is 5. The number of halogens is 1. The zero-order valence-electron chi connectivity index (χ0n) is 9.46. The van der Waals surface area contributed by atoms with Gasteiger partial charge in [0, 0.05) is 11.9 Å². The Labute approximate surface area is 96.5 Å². The van der Waals surface area contributed by atoms with Gasteiger partial charge in [-0.25, -0.2) is 0 Å². The minimum atomic E-state index is -0.228. The largest absolute Gasteiger partial charge is 0.365 e. The topological polar surface area (TPSA) is 38.3 Å². The van der Waals surface area contributed by atoms with Gasteiger partial charge < -0.3 is 10.1 Å². The molecule has 0 saturated carbocycles. The van der Waals surface area contributed by atoms with Crippen molar-refractivity contribution in [1.82, 2.24) is 5.32 Å². The van der Waals surface area contributed by atoms with Gasteiger partial charge in [0.1, 0.15) is 6.10 Å². The molecule has 0 spiro atoms. The maximum absolute atomic E-state index is 11.6. The smallest absolute Gasteiger partial charge is 0.249 e. The van der Waals surface area contributed by atoms with Crippen molar-refractivity contribution in [3.05, 3.63) is 0 Å². The van der Waals surface area contributed by atoms with E-state index in [4.69, 9.17) is 16.3 Å². The molecular formula is C11H20ClNO2. The Bertz CT molecular complexity index is 209. The summed E-state index contributed by atoms with van der Waals surface area (Å²) in [5, 5.41) is 3.06. The fourth-order valence-electron chi connectivity index (χ4n) is 1.70. The molecule has 88 valence electrons. The third-order valence-corrected chi connectivity index (χ3v) is 2.82. The molecule has 0 aromatic heterocycles. The third kappa shape index (κ3) is 4.85. The summed E-state index contributed by atoms with van der Waals surface area (Å²) in [6.07, 6.45) is 3.69. The summed E-state index contributed by atoms with van der Waals surface area (Å²) in [4.78, 5) is 11.6. The fourth-order valence-corrected chi connectivity index (χ4v) is 1.86. The molecule has 3 atom stereocenters. The summed E-state index contributed by atoms with van der Waals surface area (Å²) in [7, 11) is 0. The van der Waals surface area contributed by atoms with Crippen LogP contribution in [0.5, 0.6) is 0 Å². The number of amides is 1. The summed E-state index contributed by atoms with van der Waals surface area (Å²) in [6.45, 7) is 4.66. The molecule has 3 unspecified atom stereocenters. The van der Waals surface area contributed by atoms with E-state index in [9.17, 15) is 4.79 Å². The molecule has 0 aliphatic carbocycles. The van der Waals surface area contributed by atoms with Crippen molar-refractivity contribution < 1.29 is 9.53 Å². The molecule has 1 aliphatic heterocycles. The van der Waals surface area contributed by atoms with Gasteiger partial charge in [-0.3, -0.25) is 4.79 Å². The second-order valence-corrected chi connectivity index (χ2v) is 4.97. The number of nitrogens with one attached hydrogen (secondary N) is 1. The maximum atomic E-state index is 11.6. The van der Waals surface area contributed by atoms with Gasteiger partial charge in [0.15, 0.2) is 0 Å². The lowest BCUT2D eigenvalue weighted by Crippen LogP contribution is -2.35. The Hall–Kier alpha value is -0.280. The van der Waals surface area contributed by atoms with Crippen molar-refractivity contribution in [3.8, 4) is 0 Å². The zero-order chi connectivity index (χ0) is 11.3. The van der Waals surface area contributed by atoms with Crippen LogP contribution in [-0.4, -0.2) is 30.0 Å². The number of hydrogen-bond donors (Lipinski definition) is 1. The minimum absolute atomic E-state index is 0.0292. The first-order valence-electron chi connectivity index (χ1n) is 5.67. The van der Waals surface area contributed by atoms with Crippen LogP contribution in [0.4, 0.5) is 0 Å². The van der Waals surface area contributed by atoms with Gasteiger partial charge in [0.25, 0.3) is 0 Å². The molecule has 15 heavy (non-hydrogen) atoms. The predicted octanol–water partition coefficient (Wildman–Crippen LogP) is 2.08. The monoisotopic (exact) mass is 233 g/mol. The molecular weight excluding hydrogens is 214 g/mol. The van der Waals surface area contributed by atoms with Crippen LogP contribution in [0.15, 0.2) is 0 Å². The average Bonchev–Trinajstić information content (AvgIpc) is 2.59. The molecule has 1 amide bonds. The van der Waals surface area contributed by atoms with Gasteiger partial charge in [-0.15, -0.1) is 11.6 Å². The molecule has 1 rings (SSSR count). The molecule has 0 radical (unpaired) electrons. The van der Waals surface area contributed by atoms with Crippen LogP contribution in [-0.2, 0) is 9.53 Å². The Kier molecular flexibility index (Phi) is 5.40. The van der Waals surface area contributed by atoms with Gasteiger partial charge in [0.2, 0.25) is 5.91 Å². The van der Waals surface area contributed by atoms with Crippen molar-refractivity contribution in [2.75, 3.05) is 6.54 Å². The van der Waals surface area contributed by atoms with E-state index in [1.54, 1.807) is 0 Å². The highest BCUT2D eigenvalue weighted by Gasteiger charge is 2.27. The molecule has 0 aromatic rings. The van der Waals surface area contributed by atoms with Crippen molar-refractivity contribution in [2.24, 2.45) is 0 Å². The highest BCUT2D eigenvalue weighted by molar-refractivity contribution is 6.20. The van der Waals surface area contributed by atoms with Gasteiger partial charge in [-0.1, -0.05) is 0 Å². The Morgan fingerprint density at radius 1 is 1.60 bits per heavy atom. The van der Waals surface area contributed by atoms with Gasteiger partial charge in [0.05, 0.1) is 6.10 Å². The van der Waals surface area contributed by atoms with Crippen LogP contribution in [0.3, 0.4) is 0 Å². The minimum Gasteiger partial charge on any atom is -0.365 e. The Morgan fingerprint density at radius 2 is 2.33 bits per heavy atom. The second-order valence-electron chi connectivity index (χ2n) is 4.23. The first-order valence-corrected chi connectivity index (χ1v) is 6.10. The van der Waals surface area contributed by atoms with Crippen LogP contribution >= 0.6 is 11.6 Å². The Morgan fingerprint density at radius 3 is 2.87 bits per heavy atom. The molecule has 1 heterocycles. The SMILES string of the molecule is CC(Cl)CCCNC(=O)C1CCC(C)O1. The number of carbonyl (C=O) groups is 1. The highest BCUT2D eigenvalue weighted by atomic mass is 35.5. The third-order valence-electron chi connectivity index (χ3n) is 2.60. The van der Waals surface area contributed by atoms with Crippen LogP contribution in [0.1, 0.15) is 39.5 Å². The van der Waals surface area contributed by atoms with Gasteiger partial charge in [-0.2, -0.15) is 0 Å². The standard InChI is InChI=1S/C11H20ClNO2/c1-8(12)4-3-7-13-11(14)10-6-5-9(2)15-10/h8-10H,3-7H2,1-2H3,(H,13,14). The van der Waals surface area contributed by atoms with E-state index >= 15 is 0 Å². The number of alkyl halides is 1. The first kappa shape index (κ1) is 12.8. The van der Waals surface area contributed by atoms with E-state index in [1.807, 2.05) is 13.8 Å². The summed E-state index contributed by atoms with van der Waals surface area (Å²) in [6, 6.07) is 0. The molecule has 0 bridgehead atoms. The van der Waals surface area contributed by atoms with Gasteiger partial charge in [-0.05, 0) is 39.5 Å². The molecule has 1 N–H and O–H groups in total. The van der Waals surface area contributed by atoms with Crippen molar-refractivity contribution in [2.45, 2.75) is 57.1 Å². The van der Waals surface area contributed by atoms with Crippen LogP contribution < -0.4 is 5.32 Å². The lowest BCUT2D eigenvalue weighted by Gasteiger charge is -2.11. The molecule has 1 fully saturated rings. The van der Waals surface area contributed by atoms with E-state index in [2.05, 4.69) is 5.32 Å². The first-order chi connectivity index (χ1) is 7.09.